The second-order valence-electron chi connectivity index (χ2n) is 6.70. The minimum absolute atomic E-state index is 0.0593. The lowest BCUT2D eigenvalue weighted by molar-refractivity contribution is -0.159. The fourth-order valence-electron chi connectivity index (χ4n) is 2.37. The summed E-state index contributed by atoms with van der Waals surface area (Å²) < 4.78 is 5.39. The highest BCUT2D eigenvalue weighted by Gasteiger charge is 2.47. The Labute approximate surface area is 115 Å². The lowest BCUT2D eigenvalue weighted by Crippen LogP contribution is -2.70. The smallest absolute Gasteiger partial charge is 0.248 e. The van der Waals surface area contributed by atoms with Gasteiger partial charge in [0.2, 0.25) is 11.8 Å². The first kappa shape index (κ1) is 16.0. The minimum atomic E-state index is -0.855. The van der Waals surface area contributed by atoms with E-state index in [1.807, 2.05) is 27.7 Å². The summed E-state index contributed by atoms with van der Waals surface area (Å²) in [5, 5.41) is 2.80. The van der Waals surface area contributed by atoms with Crippen molar-refractivity contribution in [3.05, 3.63) is 0 Å². The van der Waals surface area contributed by atoms with Crippen LogP contribution in [0.5, 0.6) is 0 Å². The zero-order chi connectivity index (χ0) is 15.0. The Hall–Kier alpha value is -1.10. The van der Waals surface area contributed by atoms with Crippen LogP contribution < -0.4 is 5.32 Å². The molecule has 1 unspecified atom stereocenters. The predicted octanol–water partition coefficient (Wildman–Crippen LogP) is 1.17. The van der Waals surface area contributed by atoms with Crippen molar-refractivity contribution >= 4 is 11.8 Å². The molecule has 2 amide bonds. The topological polar surface area (TPSA) is 58.6 Å². The number of carbonyl (C=O) groups excluding carboxylic acids is 2. The van der Waals surface area contributed by atoms with E-state index in [-0.39, 0.29) is 17.7 Å². The van der Waals surface area contributed by atoms with Crippen molar-refractivity contribution in [3.63, 3.8) is 0 Å². The second kappa shape index (κ2) is 5.12. The van der Waals surface area contributed by atoms with Crippen molar-refractivity contribution in [2.75, 3.05) is 13.7 Å². The summed E-state index contributed by atoms with van der Waals surface area (Å²) in [5.74, 6) is -0.0878. The molecule has 19 heavy (non-hydrogen) atoms. The number of hydrogen-bond donors (Lipinski definition) is 1. The van der Waals surface area contributed by atoms with E-state index in [4.69, 9.17) is 4.74 Å². The number of methoxy groups -OCH3 is 1. The summed E-state index contributed by atoms with van der Waals surface area (Å²) >= 11 is 0. The minimum Gasteiger partial charge on any atom is -0.377 e. The van der Waals surface area contributed by atoms with E-state index in [1.165, 1.54) is 0 Å². The molecule has 0 saturated carbocycles. The van der Waals surface area contributed by atoms with Gasteiger partial charge < -0.3 is 15.0 Å². The van der Waals surface area contributed by atoms with Crippen molar-refractivity contribution in [2.24, 2.45) is 5.92 Å². The van der Waals surface area contributed by atoms with Crippen LogP contribution in [0.3, 0.4) is 0 Å². The number of nitrogens with zero attached hydrogens (tertiary/aromatic N) is 1. The van der Waals surface area contributed by atoms with Gasteiger partial charge in [-0.1, -0.05) is 13.8 Å². The molecule has 0 bridgehead atoms. The predicted molar refractivity (Wildman–Crippen MR) is 73.6 cm³/mol. The number of hydrogen-bond acceptors (Lipinski definition) is 3. The van der Waals surface area contributed by atoms with Crippen molar-refractivity contribution in [1.82, 2.24) is 10.2 Å². The fraction of sp³-hybridized carbons (Fsp3) is 0.857. The van der Waals surface area contributed by atoms with Crippen molar-refractivity contribution in [3.8, 4) is 0 Å². The molecule has 1 heterocycles. The lowest BCUT2D eigenvalue weighted by atomic mass is 9.90. The molecule has 1 atom stereocenters. The van der Waals surface area contributed by atoms with Crippen LogP contribution in [-0.2, 0) is 14.3 Å². The molecule has 1 rings (SSSR count). The molecule has 0 aliphatic carbocycles. The number of nitrogens with one attached hydrogen (secondary N) is 1. The Balaban J connectivity index is 3.10. The maximum Gasteiger partial charge on any atom is 0.248 e. The zero-order valence-electron chi connectivity index (χ0n) is 13.0. The van der Waals surface area contributed by atoms with Crippen LogP contribution in [0.2, 0.25) is 0 Å². The lowest BCUT2D eigenvalue weighted by Gasteiger charge is -2.46. The first-order valence-corrected chi connectivity index (χ1v) is 6.70. The quantitative estimate of drug-likeness (QED) is 0.834. The van der Waals surface area contributed by atoms with Gasteiger partial charge in [0, 0.05) is 7.11 Å². The number of rotatable bonds is 4. The van der Waals surface area contributed by atoms with Crippen LogP contribution >= 0.6 is 0 Å². The van der Waals surface area contributed by atoms with Crippen molar-refractivity contribution in [2.45, 2.75) is 58.7 Å². The van der Waals surface area contributed by atoms with Crippen LogP contribution in [-0.4, -0.2) is 47.6 Å². The van der Waals surface area contributed by atoms with Gasteiger partial charge in [-0.3, -0.25) is 9.59 Å². The summed E-state index contributed by atoms with van der Waals surface area (Å²) in [7, 11) is 1.62. The fourth-order valence-corrected chi connectivity index (χ4v) is 2.37. The third-order valence-electron chi connectivity index (χ3n) is 3.57. The second-order valence-corrected chi connectivity index (χ2v) is 6.70. The van der Waals surface area contributed by atoms with Gasteiger partial charge in [0.1, 0.15) is 11.6 Å². The van der Waals surface area contributed by atoms with E-state index < -0.39 is 17.2 Å². The molecule has 0 aromatic carbocycles. The third kappa shape index (κ3) is 3.26. The van der Waals surface area contributed by atoms with Crippen LogP contribution in [0.4, 0.5) is 0 Å². The maximum atomic E-state index is 12.6. The van der Waals surface area contributed by atoms with Gasteiger partial charge in [0.05, 0.1) is 12.1 Å². The number of amides is 2. The molecule has 5 nitrogen and oxygen atoms in total. The molecule has 0 aromatic heterocycles. The highest BCUT2D eigenvalue weighted by atomic mass is 16.5. The Morgan fingerprint density at radius 2 is 1.89 bits per heavy atom. The molecule has 0 radical (unpaired) electrons. The average molecular weight is 270 g/mol. The largest absolute Gasteiger partial charge is 0.377 e. The molecular weight excluding hydrogens is 244 g/mol. The highest BCUT2D eigenvalue weighted by Crippen LogP contribution is 2.25. The summed E-state index contributed by atoms with van der Waals surface area (Å²) in [5.41, 5.74) is -1.33. The summed E-state index contributed by atoms with van der Waals surface area (Å²) in [4.78, 5) is 26.5. The standard InChI is InChI=1S/C14H26N2O3/c1-9(2)10-11(17)15-14(5,6)12(18)16(10)8-13(3,4)19-7/h9-10H,8H2,1-7H3,(H,15,17). The molecule has 1 N–H and O–H groups in total. The zero-order valence-corrected chi connectivity index (χ0v) is 13.0. The van der Waals surface area contributed by atoms with Gasteiger partial charge in [-0.2, -0.15) is 0 Å². The third-order valence-corrected chi connectivity index (χ3v) is 3.57. The van der Waals surface area contributed by atoms with Crippen molar-refractivity contribution < 1.29 is 14.3 Å². The van der Waals surface area contributed by atoms with Gasteiger partial charge in [-0.05, 0) is 33.6 Å². The Kier molecular flexibility index (Phi) is 4.30. The first-order chi connectivity index (χ1) is 8.52. The Bertz CT molecular complexity index is 375. The van der Waals surface area contributed by atoms with Crippen LogP contribution in [0.25, 0.3) is 0 Å². The van der Waals surface area contributed by atoms with Gasteiger partial charge >= 0.3 is 0 Å². The van der Waals surface area contributed by atoms with E-state index in [0.717, 1.165) is 0 Å². The molecule has 1 aliphatic heterocycles. The number of carbonyl (C=O) groups is 2. The van der Waals surface area contributed by atoms with E-state index in [0.29, 0.717) is 6.54 Å². The summed E-state index contributed by atoms with van der Waals surface area (Å²) in [6, 6.07) is -0.435. The number of piperazine rings is 1. The van der Waals surface area contributed by atoms with Gasteiger partial charge in [-0.25, -0.2) is 0 Å². The molecule has 0 aromatic rings. The Morgan fingerprint density at radius 3 is 2.32 bits per heavy atom. The molecule has 1 fully saturated rings. The monoisotopic (exact) mass is 270 g/mol. The summed E-state index contributed by atoms with van der Waals surface area (Å²) in [6.45, 7) is 11.6. The SMILES string of the molecule is COC(C)(C)CN1C(=O)C(C)(C)NC(=O)C1C(C)C. The van der Waals surface area contributed by atoms with Gasteiger partial charge in [0.25, 0.3) is 0 Å². The maximum absolute atomic E-state index is 12.6. The van der Waals surface area contributed by atoms with E-state index in [2.05, 4.69) is 5.32 Å². The molecule has 1 saturated heterocycles. The Morgan fingerprint density at radius 1 is 1.37 bits per heavy atom. The van der Waals surface area contributed by atoms with Crippen LogP contribution in [0.1, 0.15) is 41.5 Å². The van der Waals surface area contributed by atoms with Gasteiger partial charge in [0.15, 0.2) is 0 Å². The van der Waals surface area contributed by atoms with E-state index in [1.54, 1.807) is 25.9 Å². The molecule has 5 heteroatoms. The number of ether oxygens (including phenoxy) is 1. The van der Waals surface area contributed by atoms with Crippen LogP contribution in [0.15, 0.2) is 0 Å². The molecule has 110 valence electrons. The normalized spacial score (nSPS) is 23.8. The van der Waals surface area contributed by atoms with E-state index in [9.17, 15) is 9.59 Å². The molecule has 0 spiro atoms. The summed E-state index contributed by atoms with van der Waals surface area (Å²) in [6.07, 6.45) is 0. The molecular formula is C14H26N2O3. The van der Waals surface area contributed by atoms with Crippen molar-refractivity contribution in [1.29, 1.82) is 0 Å². The average Bonchev–Trinajstić information content (AvgIpc) is 2.24. The highest BCUT2D eigenvalue weighted by molar-refractivity contribution is 5.99. The van der Waals surface area contributed by atoms with Gasteiger partial charge in [-0.15, -0.1) is 0 Å². The molecule has 1 aliphatic rings. The first-order valence-electron chi connectivity index (χ1n) is 6.70. The van der Waals surface area contributed by atoms with Crippen LogP contribution in [0, 0.1) is 5.92 Å². The van der Waals surface area contributed by atoms with E-state index >= 15 is 0 Å².